The quantitative estimate of drug-likeness (QED) is 0.710. The van der Waals surface area contributed by atoms with Gasteiger partial charge in [0.25, 0.3) is 0 Å². The molecular formula is C10H19NO2. The fourth-order valence-electron chi connectivity index (χ4n) is 1.78. The zero-order valence-corrected chi connectivity index (χ0v) is 8.33. The molecule has 0 aromatic rings. The molecule has 0 aromatic heterocycles. The lowest BCUT2D eigenvalue weighted by Gasteiger charge is -2.15. The normalized spacial score (nSPS) is 22.3. The Kier molecular flexibility index (Phi) is 4.22. The highest BCUT2D eigenvalue weighted by Crippen LogP contribution is 2.19. The molecule has 1 amide bonds. The van der Waals surface area contributed by atoms with Crippen LogP contribution in [0.2, 0.25) is 0 Å². The first-order valence-electron chi connectivity index (χ1n) is 5.16. The molecule has 0 aliphatic carbocycles. The molecule has 13 heavy (non-hydrogen) atoms. The molecule has 0 spiro atoms. The van der Waals surface area contributed by atoms with E-state index in [0.29, 0.717) is 18.8 Å². The molecule has 1 saturated heterocycles. The van der Waals surface area contributed by atoms with Gasteiger partial charge < -0.3 is 10.0 Å². The van der Waals surface area contributed by atoms with E-state index in [2.05, 4.69) is 6.92 Å². The fourth-order valence-corrected chi connectivity index (χ4v) is 1.78. The van der Waals surface area contributed by atoms with Gasteiger partial charge in [-0.3, -0.25) is 4.79 Å². The minimum Gasteiger partial charge on any atom is -0.396 e. The van der Waals surface area contributed by atoms with Crippen molar-refractivity contribution in [3.05, 3.63) is 0 Å². The first kappa shape index (κ1) is 10.5. The van der Waals surface area contributed by atoms with E-state index in [1.165, 1.54) is 6.42 Å². The van der Waals surface area contributed by atoms with Crippen LogP contribution in [0.15, 0.2) is 0 Å². The first-order chi connectivity index (χ1) is 6.27. The van der Waals surface area contributed by atoms with Crippen molar-refractivity contribution in [1.82, 2.24) is 4.90 Å². The zero-order valence-electron chi connectivity index (χ0n) is 8.33. The second-order valence-corrected chi connectivity index (χ2v) is 3.73. The first-order valence-corrected chi connectivity index (χ1v) is 5.16. The Morgan fingerprint density at radius 3 is 2.92 bits per heavy atom. The maximum atomic E-state index is 11.5. The summed E-state index contributed by atoms with van der Waals surface area (Å²) in [5.74, 6) is 0.920. The van der Waals surface area contributed by atoms with Crippen molar-refractivity contribution < 1.29 is 9.90 Å². The highest BCUT2D eigenvalue weighted by atomic mass is 16.3. The number of carbonyl (C=O) groups is 1. The molecule has 1 aliphatic heterocycles. The van der Waals surface area contributed by atoms with Crippen molar-refractivity contribution in [2.75, 3.05) is 19.7 Å². The number of nitrogens with zero attached hydrogens (tertiary/aromatic N) is 1. The van der Waals surface area contributed by atoms with E-state index in [1.54, 1.807) is 0 Å². The Labute approximate surface area is 79.7 Å². The van der Waals surface area contributed by atoms with Gasteiger partial charge in [-0.15, -0.1) is 0 Å². The van der Waals surface area contributed by atoms with Crippen LogP contribution in [0.1, 0.15) is 32.6 Å². The van der Waals surface area contributed by atoms with Crippen LogP contribution in [0.3, 0.4) is 0 Å². The van der Waals surface area contributed by atoms with E-state index >= 15 is 0 Å². The van der Waals surface area contributed by atoms with Gasteiger partial charge in [-0.1, -0.05) is 13.3 Å². The predicted octanol–water partition coefficient (Wildman–Crippen LogP) is 1.02. The molecular weight excluding hydrogens is 166 g/mol. The average molecular weight is 185 g/mol. The SMILES string of the molecule is CCC1CCN(C(=O)CCCO)C1. The number of aliphatic hydroxyl groups excluding tert-OH is 1. The summed E-state index contributed by atoms with van der Waals surface area (Å²) >= 11 is 0. The van der Waals surface area contributed by atoms with Crippen LogP contribution in [0.4, 0.5) is 0 Å². The van der Waals surface area contributed by atoms with Crippen molar-refractivity contribution in [3.8, 4) is 0 Å². The lowest BCUT2D eigenvalue weighted by atomic mass is 10.1. The summed E-state index contributed by atoms with van der Waals surface area (Å²) in [5, 5.41) is 8.59. The van der Waals surface area contributed by atoms with E-state index in [1.807, 2.05) is 4.90 Å². The molecule has 1 N–H and O–H groups in total. The van der Waals surface area contributed by atoms with Crippen LogP contribution in [0.5, 0.6) is 0 Å². The van der Waals surface area contributed by atoms with Gasteiger partial charge in [0, 0.05) is 26.1 Å². The third kappa shape index (κ3) is 2.99. The summed E-state index contributed by atoms with van der Waals surface area (Å²) in [6.45, 7) is 4.15. The van der Waals surface area contributed by atoms with Gasteiger partial charge in [0.1, 0.15) is 0 Å². The Hall–Kier alpha value is -0.570. The van der Waals surface area contributed by atoms with Crippen molar-refractivity contribution in [2.24, 2.45) is 5.92 Å². The maximum absolute atomic E-state index is 11.5. The van der Waals surface area contributed by atoms with Gasteiger partial charge >= 0.3 is 0 Å². The van der Waals surface area contributed by atoms with Gasteiger partial charge in [-0.05, 0) is 18.8 Å². The van der Waals surface area contributed by atoms with Gasteiger partial charge in [0.05, 0.1) is 0 Å². The van der Waals surface area contributed by atoms with Crippen LogP contribution >= 0.6 is 0 Å². The lowest BCUT2D eigenvalue weighted by Crippen LogP contribution is -2.28. The molecule has 0 saturated carbocycles. The minimum atomic E-state index is 0.122. The summed E-state index contributed by atoms with van der Waals surface area (Å²) in [6.07, 6.45) is 3.43. The van der Waals surface area contributed by atoms with E-state index in [4.69, 9.17) is 5.11 Å². The number of hydrogen-bond acceptors (Lipinski definition) is 2. The number of hydrogen-bond donors (Lipinski definition) is 1. The summed E-state index contributed by atoms with van der Waals surface area (Å²) in [4.78, 5) is 13.4. The molecule has 1 unspecified atom stereocenters. The smallest absolute Gasteiger partial charge is 0.222 e. The third-order valence-corrected chi connectivity index (χ3v) is 2.76. The number of carbonyl (C=O) groups excluding carboxylic acids is 1. The molecule has 1 atom stereocenters. The van der Waals surface area contributed by atoms with Crippen LogP contribution in [0, 0.1) is 5.92 Å². The second kappa shape index (κ2) is 5.22. The van der Waals surface area contributed by atoms with Gasteiger partial charge in [-0.25, -0.2) is 0 Å². The Balaban J connectivity index is 2.25. The molecule has 1 fully saturated rings. The zero-order chi connectivity index (χ0) is 9.68. The molecule has 3 nitrogen and oxygen atoms in total. The van der Waals surface area contributed by atoms with Gasteiger partial charge in [0.15, 0.2) is 0 Å². The summed E-state index contributed by atoms with van der Waals surface area (Å²) < 4.78 is 0. The molecule has 0 aromatic carbocycles. The Bertz CT molecular complexity index is 170. The Morgan fingerprint density at radius 1 is 1.62 bits per heavy atom. The maximum Gasteiger partial charge on any atom is 0.222 e. The number of aliphatic hydroxyl groups is 1. The lowest BCUT2D eigenvalue weighted by molar-refractivity contribution is -0.130. The van der Waals surface area contributed by atoms with Crippen LogP contribution in [-0.4, -0.2) is 35.6 Å². The van der Waals surface area contributed by atoms with Crippen molar-refractivity contribution in [2.45, 2.75) is 32.6 Å². The standard InChI is InChI=1S/C10H19NO2/c1-2-9-5-6-11(8-9)10(13)4-3-7-12/h9,12H,2-8H2,1H3. The molecule has 1 rings (SSSR count). The largest absolute Gasteiger partial charge is 0.396 e. The number of likely N-dealkylation sites (tertiary alicyclic amines) is 1. The Morgan fingerprint density at radius 2 is 2.38 bits per heavy atom. The summed E-state index contributed by atoms with van der Waals surface area (Å²) in [5.41, 5.74) is 0. The molecule has 76 valence electrons. The fraction of sp³-hybridized carbons (Fsp3) is 0.900. The molecule has 1 aliphatic rings. The van der Waals surface area contributed by atoms with Gasteiger partial charge in [-0.2, -0.15) is 0 Å². The molecule has 0 radical (unpaired) electrons. The van der Waals surface area contributed by atoms with E-state index in [-0.39, 0.29) is 12.5 Å². The highest BCUT2D eigenvalue weighted by molar-refractivity contribution is 5.76. The second-order valence-electron chi connectivity index (χ2n) is 3.73. The number of rotatable bonds is 4. The molecule has 1 heterocycles. The average Bonchev–Trinajstić information content (AvgIpc) is 2.62. The summed E-state index contributed by atoms with van der Waals surface area (Å²) in [7, 11) is 0. The van der Waals surface area contributed by atoms with E-state index < -0.39 is 0 Å². The van der Waals surface area contributed by atoms with E-state index in [9.17, 15) is 4.79 Å². The number of amides is 1. The van der Waals surface area contributed by atoms with Gasteiger partial charge in [0.2, 0.25) is 5.91 Å². The van der Waals surface area contributed by atoms with Crippen molar-refractivity contribution in [3.63, 3.8) is 0 Å². The van der Waals surface area contributed by atoms with Crippen molar-refractivity contribution >= 4 is 5.91 Å². The van der Waals surface area contributed by atoms with Crippen LogP contribution in [-0.2, 0) is 4.79 Å². The topological polar surface area (TPSA) is 40.5 Å². The monoisotopic (exact) mass is 185 g/mol. The predicted molar refractivity (Wildman–Crippen MR) is 51.3 cm³/mol. The third-order valence-electron chi connectivity index (χ3n) is 2.76. The van der Waals surface area contributed by atoms with E-state index in [0.717, 1.165) is 19.5 Å². The highest BCUT2D eigenvalue weighted by Gasteiger charge is 2.24. The van der Waals surface area contributed by atoms with Crippen LogP contribution < -0.4 is 0 Å². The van der Waals surface area contributed by atoms with Crippen molar-refractivity contribution in [1.29, 1.82) is 0 Å². The minimum absolute atomic E-state index is 0.122. The molecule has 3 heteroatoms. The molecule has 0 bridgehead atoms. The van der Waals surface area contributed by atoms with Crippen LogP contribution in [0.25, 0.3) is 0 Å². The summed E-state index contributed by atoms with van der Waals surface area (Å²) in [6, 6.07) is 0.